The highest BCUT2D eigenvalue weighted by molar-refractivity contribution is 9.10. The standard InChI is InChI=1S/C10H11BrF2O2/c1-10(2,14)5-15-9-7(11)3-6(12)4-8(9)13/h3-4,14H,5H2,1-2H3. The van der Waals surface area contributed by atoms with Gasteiger partial charge in [0.15, 0.2) is 11.6 Å². The third kappa shape index (κ3) is 3.76. The maximum atomic E-state index is 13.2. The fourth-order valence-electron chi connectivity index (χ4n) is 0.916. The van der Waals surface area contributed by atoms with Gasteiger partial charge in [-0.1, -0.05) is 0 Å². The number of rotatable bonds is 3. The highest BCUT2D eigenvalue weighted by Gasteiger charge is 2.17. The number of hydrogen-bond donors (Lipinski definition) is 1. The van der Waals surface area contributed by atoms with E-state index in [2.05, 4.69) is 15.9 Å². The first-order valence-electron chi connectivity index (χ1n) is 4.29. The summed E-state index contributed by atoms with van der Waals surface area (Å²) in [4.78, 5) is 0. The Balaban J connectivity index is 2.86. The Labute approximate surface area is 95.0 Å². The molecular formula is C10H11BrF2O2. The minimum atomic E-state index is -1.07. The highest BCUT2D eigenvalue weighted by Crippen LogP contribution is 2.29. The molecule has 2 nitrogen and oxygen atoms in total. The van der Waals surface area contributed by atoms with E-state index in [9.17, 15) is 13.9 Å². The smallest absolute Gasteiger partial charge is 0.169 e. The quantitative estimate of drug-likeness (QED) is 0.923. The summed E-state index contributed by atoms with van der Waals surface area (Å²) in [6, 6.07) is 1.83. The molecule has 0 amide bonds. The molecule has 0 unspecified atom stereocenters. The van der Waals surface area contributed by atoms with Crippen molar-refractivity contribution in [3.05, 3.63) is 28.2 Å². The van der Waals surface area contributed by atoms with Gasteiger partial charge in [0.05, 0.1) is 10.1 Å². The molecule has 1 aromatic rings. The van der Waals surface area contributed by atoms with Crippen LogP contribution in [-0.4, -0.2) is 17.3 Å². The van der Waals surface area contributed by atoms with Crippen LogP contribution in [-0.2, 0) is 0 Å². The molecule has 0 saturated carbocycles. The van der Waals surface area contributed by atoms with Crippen LogP contribution in [0.1, 0.15) is 13.8 Å². The van der Waals surface area contributed by atoms with E-state index < -0.39 is 17.2 Å². The summed E-state index contributed by atoms with van der Waals surface area (Å²) in [5, 5.41) is 9.38. The molecule has 0 heterocycles. The van der Waals surface area contributed by atoms with Gasteiger partial charge >= 0.3 is 0 Å². The van der Waals surface area contributed by atoms with Gasteiger partial charge in [0.25, 0.3) is 0 Å². The summed E-state index contributed by atoms with van der Waals surface area (Å²) in [5.41, 5.74) is -1.07. The average molecular weight is 281 g/mol. The van der Waals surface area contributed by atoms with Gasteiger partial charge in [-0.2, -0.15) is 0 Å². The van der Waals surface area contributed by atoms with E-state index in [0.717, 1.165) is 12.1 Å². The first-order valence-corrected chi connectivity index (χ1v) is 5.08. The van der Waals surface area contributed by atoms with Crippen LogP contribution >= 0.6 is 15.9 Å². The largest absolute Gasteiger partial charge is 0.486 e. The highest BCUT2D eigenvalue weighted by atomic mass is 79.9. The van der Waals surface area contributed by atoms with Crippen molar-refractivity contribution in [2.24, 2.45) is 0 Å². The molecule has 1 N–H and O–H groups in total. The van der Waals surface area contributed by atoms with Gasteiger partial charge in [0.1, 0.15) is 12.4 Å². The Morgan fingerprint density at radius 3 is 2.47 bits per heavy atom. The number of aliphatic hydroxyl groups is 1. The van der Waals surface area contributed by atoms with Crippen LogP contribution in [0.25, 0.3) is 0 Å². The molecule has 0 saturated heterocycles. The predicted octanol–water partition coefficient (Wildman–Crippen LogP) is 2.88. The molecule has 0 aliphatic carbocycles. The summed E-state index contributed by atoms with van der Waals surface area (Å²) in [7, 11) is 0. The van der Waals surface area contributed by atoms with Crippen LogP contribution < -0.4 is 4.74 Å². The molecule has 84 valence electrons. The third-order valence-corrected chi connectivity index (χ3v) is 2.12. The van der Waals surface area contributed by atoms with E-state index in [0.29, 0.717) is 0 Å². The number of halogens is 3. The number of ether oxygens (including phenoxy) is 1. The van der Waals surface area contributed by atoms with Crippen LogP contribution in [0.2, 0.25) is 0 Å². The van der Waals surface area contributed by atoms with Gasteiger partial charge in [-0.05, 0) is 35.8 Å². The minimum absolute atomic E-state index is 0.0752. The zero-order valence-corrected chi connectivity index (χ0v) is 9.94. The Bertz CT molecular complexity index is 338. The second-order valence-electron chi connectivity index (χ2n) is 3.80. The topological polar surface area (TPSA) is 29.5 Å². The van der Waals surface area contributed by atoms with Crippen molar-refractivity contribution in [3.8, 4) is 5.75 Å². The molecule has 0 radical (unpaired) electrons. The zero-order chi connectivity index (χ0) is 11.6. The number of hydrogen-bond acceptors (Lipinski definition) is 2. The van der Waals surface area contributed by atoms with E-state index in [1.165, 1.54) is 13.8 Å². The first-order chi connectivity index (χ1) is 6.79. The van der Waals surface area contributed by atoms with E-state index >= 15 is 0 Å². The van der Waals surface area contributed by atoms with Crippen LogP contribution in [0.3, 0.4) is 0 Å². The summed E-state index contributed by atoms with van der Waals surface area (Å²) in [6.45, 7) is 2.98. The fraction of sp³-hybridized carbons (Fsp3) is 0.400. The molecule has 0 bridgehead atoms. The Kier molecular flexibility index (Phi) is 3.67. The zero-order valence-electron chi connectivity index (χ0n) is 8.35. The molecule has 0 atom stereocenters. The molecule has 0 fully saturated rings. The minimum Gasteiger partial charge on any atom is -0.486 e. The van der Waals surface area contributed by atoms with Crippen molar-refractivity contribution in [2.45, 2.75) is 19.4 Å². The second-order valence-corrected chi connectivity index (χ2v) is 4.65. The average Bonchev–Trinajstić information content (AvgIpc) is 1.99. The van der Waals surface area contributed by atoms with Crippen molar-refractivity contribution < 1.29 is 18.6 Å². The van der Waals surface area contributed by atoms with Crippen molar-refractivity contribution in [1.29, 1.82) is 0 Å². The maximum Gasteiger partial charge on any atom is 0.169 e. The molecule has 5 heteroatoms. The SMILES string of the molecule is CC(C)(O)COc1c(F)cc(F)cc1Br. The molecule has 0 spiro atoms. The normalized spacial score (nSPS) is 11.6. The lowest BCUT2D eigenvalue weighted by Gasteiger charge is -2.18. The van der Waals surface area contributed by atoms with Crippen molar-refractivity contribution in [1.82, 2.24) is 0 Å². The van der Waals surface area contributed by atoms with Gasteiger partial charge in [-0.15, -0.1) is 0 Å². The first kappa shape index (κ1) is 12.4. The lowest BCUT2D eigenvalue weighted by atomic mass is 10.2. The lowest BCUT2D eigenvalue weighted by molar-refractivity contribution is 0.0268. The summed E-state index contributed by atoms with van der Waals surface area (Å²) >= 11 is 2.98. The molecule has 1 rings (SSSR count). The van der Waals surface area contributed by atoms with Crippen LogP contribution in [0, 0.1) is 11.6 Å². The van der Waals surface area contributed by atoms with E-state index in [1.807, 2.05) is 0 Å². The predicted molar refractivity (Wildman–Crippen MR) is 55.9 cm³/mol. The molecule has 1 aromatic carbocycles. The van der Waals surface area contributed by atoms with E-state index in [-0.39, 0.29) is 16.8 Å². The van der Waals surface area contributed by atoms with Crippen molar-refractivity contribution in [3.63, 3.8) is 0 Å². The molecule has 0 aromatic heterocycles. The van der Waals surface area contributed by atoms with Crippen LogP contribution in [0.5, 0.6) is 5.75 Å². The van der Waals surface area contributed by atoms with Gasteiger partial charge in [-0.3, -0.25) is 0 Å². The number of benzene rings is 1. The Hall–Kier alpha value is -0.680. The van der Waals surface area contributed by atoms with Gasteiger partial charge in [0, 0.05) is 6.07 Å². The van der Waals surface area contributed by atoms with Crippen LogP contribution in [0.15, 0.2) is 16.6 Å². The molecule has 0 aliphatic rings. The van der Waals surface area contributed by atoms with Crippen molar-refractivity contribution >= 4 is 15.9 Å². The van der Waals surface area contributed by atoms with Crippen molar-refractivity contribution in [2.75, 3.05) is 6.61 Å². The van der Waals surface area contributed by atoms with Gasteiger partial charge < -0.3 is 9.84 Å². The van der Waals surface area contributed by atoms with Crippen LogP contribution in [0.4, 0.5) is 8.78 Å². The third-order valence-electron chi connectivity index (χ3n) is 1.53. The van der Waals surface area contributed by atoms with Gasteiger partial charge in [0.2, 0.25) is 0 Å². The molecule has 0 aliphatic heterocycles. The van der Waals surface area contributed by atoms with E-state index in [4.69, 9.17) is 4.74 Å². The monoisotopic (exact) mass is 280 g/mol. The Morgan fingerprint density at radius 1 is 1.40 bits per heavy atom. The second kappa shape index (κ2) is 4.45. The summed E-state index contributed by atoms with van der Waals surface area (Å²) in [6.07, 6.45) is 0. The lowest BCUT2D eigenvalue weighted by Crippen LogP contribution is -2.28. The fourth-order valence-corrected chi connectivity index (χ4v) is 1.44. The Morgan fingerprint density at radius 2 is 2.00 bits per heavy atom. The summed E-state index contributed by atoms with van der Waals surface area (Å²) < 4.78 is 31.2. The van der Waals surface area contributed by atoms with Gasteiger partial charge in [-0.25, -0.2) is 8.78 Å². The maximum absolute atomic E-state index is 13.2. The summed E-state index contributed by atoms with van der Waals surface area (Å²) in [5.74, 6) is -1.58. The van der Waals surface area contributed by atoms with E-state index in [1.54, 1.807) is 0 Å². The molecule has 15 heavy (non-hydrogen) atoms. The molecular weight excluding hydrogens is 270 g/mol.